The van der Waals surface area contributed by atoms with Crippen LogP contribution in [-0.4, -0.2) is 0 Å². The Morgan fingerprint density at radius 1 is 1.06 bits per heavy atom. The molecule has 0 bridgehead atoms. The largest absolute Gasteiger partial charge is 0.326 e. The van der Waals surface area contributed by atoms with Gasteiger partial charge in [-0.25, -0.2) is 0 Å². The van der Waals surface area contributed by atoms with Gasteiger partial charge in [0.2, 0.25) is 0 Å². The first kappa shape index (κ1) is 14.2. The fraction of sp³-hybridized carbons (Fsp3) is 0.400. The predicted molar refractivity (Wildman–Crippen MR) is 59.8 cm³/mol. The molecule has 1 aromatic rings. The zero-order valence-corrected chi connectivity index (χ0v) is 10.2. The quantitative estimate of drug-likeness (QED) is 0.778. The summed E-state index contributed by atoms with van der Waals surface area (Å²) >= 11 is 0. The van der Waals surface area contributed by atoms with E-state index in [9.17, 15) is 19.4 Å². The molecule has 0 aliphatic carbocycles. The molecule has 0 aromatic heterocycles. The molecule has 1 aromatic carbocycles. The van der Waals surface area contributed by atoms with Crippen molar-refractivity contribution in [3.8, 4) is 0 Å². The minimum atomic E-state index is -9.62. The van der Waals surface area contributed by atoms with Gasteiger partial charge < -0.3 is 5.73 Å². The summed E-state index contributed by atoms with van der Waals surface area (Å²) in [6.45, 7) is 3.05. The van der Waals surface area contributed by atoms with E-state index in [0.29, 0.717) is 12.1 Å². The smallest absolute Gasteiger partial charge is 0.310 e. The Balaban J connectivity index is 3.52. The lowest BCUT2D eigenvalue weighted by atomic mass is 10.0. The van der Waals surface area contributed by atoms with Crippen molar-refractivity contribution >= 4 is 10.2 Å². The van der Waals surface area contributed by atoms with Crippen LogP contribution < -0.4 is 5.73 Å². The van der Waals surface area contributed by atoms with Gasteiger partial charge in [-0.15, -0.1) is 0 Å². The summed E-state index contributed by atoms with van der Waals surface area (Å²) in [6, 6.07) is 2.34. The normalized spacial score (nSPS) is 16.8. The number of benzene rings is 1. The lowest BCUT2D eigenvalue weighted by Gasteiger charge is -2.41. The molecular formula is C10H14F5NS. The van der Waals surface area contributed by atoms with Gasteiger partial charge in [-0.3, -0.25) is 0 Å². The van der Waals surface area contributed by atoms with E-state index in [4.69, 9.17) is 5.73 Å². The van der Waals surface area contributed by atoms with Crippen molar-refractivity contribution in [2.24, 2.45) is 5.73 Å². The summed E-state index contributed by atoms with van der Waals surface area (Å²) in [5, 5.41) is 0. The molecule has 1 nitrogen and oxygen atoms in total. The second kappa shape index (κ2) is 3.35. The summed E-state index contributed by atoms with van der Waals surface area (Å²) in [6.07, 6.45) is 0. The molecule has 0 saturated carbocycles. The van der Waals surface area contributed by atoms with Gasteiger partial charge in [0.05, 0.1) is 0 Å². The molecule has 0 fully saturated rings. The van der Waals surface area contributed by atoms with Crippen molar-refractivity contribution in [3.63, 3.8) is 0 Å². The first-order valence-electron chi connectivity index (χ1n) is 4.91. The third-order valence-electron chi connectivity index (χ3n) is 2.34. The highest BCUT2D eigenvalue weighted by Crippen LogP contribution is 3.02. The van der Waals surface area contributed by atoms with Crippen molar-refractivity contribution in [1.29, 1.82) is 0 Å². The molecule has 0 heterocycles. The van der Waals surface area contributed by atoms with Crippen molar-refractivity contribution in [2.45, 2.75) is 31.2 Å². The van der Waals surface area contributed by atoms with Gasteiger partial charge in [-0.1, -0.05) is 39.3 Å². The number of nitrogens with two attached hydrogens (primary N) is 1. The van der Waals surface area contributed by atoms with Gasteiger partial charge in [-0.05, 0) is 29.2 Å². The SMILES string of the molecule is CC(C)c1cc(CN)cc(S(F)(F)(F)(F)F)c1. The molecule has 0 radical (unpaired) electrons. The van der Waals surface area contributed by atoms with E-state index in [1.807, 2.05) is 0 Å². The van der Waals surface area contributed by atoms with Gasteiger partial charge in [0.25, 0.3) is 0 Å². The lowest BCUT2D eigenvalue weighted by Crippen LogP contribution is -2.09. The van der Waals surface area contributed by atoms with E-state index in [2.05, 4.69) is 0 Å². The third-order valence-corrected chi connectivity index (χ3v) is 3.46. The summed E-state index contributed by atoms with van der Waals surface area (Å²) < 4.78 is 63.3. The maximum Gasteiger partial charge on any atom is 0.310 e. The van der Waals surface area contributed by atoms with Gasteiger partial charge in [0, 0.05) is 6.54 Å². The molecule has 7 heteroatoms. The summed E-state index contributed by atoms with van der Waals surface area (Å²) in [5.41, 5.74) is 5.48. The Labute approximate surface area is 96.5 Å². The molecule has 2 N–H and O–H groups in total. The molecular weight excluding hydrogens is 261 g/mol. The summed E-state index contributed by atoms with van der Waals surface area (Å²) in [5.74, 6) is -0.278. The van der Waals surface area contributed by atoms with E-state index in [0.717, 1.165) is 0 Å². The molecule has 0 unspecified atom stereocenters. The van der Waals surface area contributed by atoms with Crippen molar-refractivity contribution in [2.75, 3.05) is 0 Å². The standard InChI is InChI=1S/C10H14F5NS/c1-7(2)9-3-8(6-16)4-10(5-9)17(11,12,13,14)15/h3-5,7H,6,16H2,1-2H3. The Hall–Kier alpha value is -0.820. The van der Waals surface area contributed by atoms with Crippen LogP contribution in [0.15, 0.2) is 23.1 Å². The second-order valence-corrected chi connectivity index (χ2v) is 6.65. The van der Waals surface area contributed by atoms with E-state index >= 15 is 0 Å². The van der Waals surface area contributed by atoms with E-state index in [1.54, 1.807) is 13.8 Å². The highest BCUT2D eigenvalue weighted by Gasteiger charge is 2.65. The number of hydrogen-bond donors (Lipinski definition) is 1. The van der Waals surface area contributed by atoms with Crippen LogP contribution in [0.5, 0.6) is 0 Å². The van der Waals surface area contributed by atoms with Crippen LogP contribution in [0.1, 0.15) is 30.9 Å². The van der Waals surface area contributed by atoms with Crippen molar-refractivity contribution in [1.82, 2.24) is 0 Å². The molecule has 0 saturated heterocycles. The van der Waals surface area contributed by atoms with E-state index in [1.165, 1.54) is 6.07 Å². The monoisotopic (exact) mass is 275 g/mol. The molecule has 0 amide bonds. The maximum atomic E-state index is 12.7. The van der Waals surface area contributed by atoms with Crippen LogP contribution in [0.2, 0.25) is 0 Å². The fourth-order valence-corrected chi connectivity index (χ4v) is 2.09. The minimum absolute atomic E-state index is 0.0550. The van der Waals surface area contributed by atoms with Gasteiger partial charge in [0.1, 0.15) is 4.90 Å². The van der Waals surface area contributed by atoms with Crippen LogP contribution in [0.4, 0.5) is 19.4 Å². The average Bonchev–Trinajstić information content (AvgIpc) is 2.13. The Morgan fingerprint density at radius 2 is 1.59 bits per heavy atom. The Morgan fingerprint density at radius 3 is 1.94 bits per heavy atom. The summed E-state index contributed by atoms with van der Waals surface area (Å²) in [4.78, 5) is -1.86. The van der Waals surface area contributed by atoms with Crippen LogP contribution in [0.25, 0.3) is 0 Å². The fourth-order valence-electron chi connectivity index (χ4n) is 1.36. The highest BCUT2D eigenvalue weighted by atomic mass is 32.5. The topological polar surface area (TPSA) is 26.0 Å². The predicted octanol–water partition coefficient (Wildman–Crippen LogP) is 4.93. The number of hydrogen-bond acceptors (Lipinski definition) is 1. The zero-order valence-electron chi connectivity index (χ0n) is 9.39. The van der Waals surface area contributed by atoms with Crippen molar-refractivity contribution in [3.05, 3.63) is 29.3 Å². The van der Waals surface area contributed by atoms with Crippen LogP contribution in [0, 0.1) is 0 Å². The lowest BCUT2D eigenvalue weighted by molar-refractivity contribution is 0.363. The number of rotatable bonds is 3. The molecule has 0 atom stereocenters. The number of halogens is 5. The van der Waals surface area contributed by atoms with Crippen LogP contribution >= 0.6 is 10.2 Å². The van der Waals surface area contributed by atoms with Crippen molar-refractivity contribution < 1.29 is 19.4 Å². The minimum Gasteiger partial charge on any atom is -0.326 e. The van der Waals surface area contributed by atoms with E-state index < -0.39 is 15.1 Å². The Bertz CT molecular complexity index is 437. The van der Waals surface area contributed by atoms with Crippen LogP contribution in [-0.2, 0) is 6.54 Å². The van der Waals surface area contributed by atoms with Crippen LogP contribution in [0.3, 0.4) is 0 Å². The van der Waals surface area contributed by atoms with Gasteiger partial charge >= 0.3 is 10.2 Å². The zero-order chi connectivity index (χ0) is 13.5. The molecule has 0 aliphatic rings. The average molecular weight is 275 g/mol. The van der Waals surface area contributed by atoms with Gasteiger partial charge in [0.15, 0.2) is 0 Å². The first-order valence-corrected chi connectivity index (χ1v) is 6.86. The molecule has 0 spiro atoms. The molecule has 100 valence electrons. The third kappa shape index (κ3) is 3.57. The summed E-state index contributed by atoms with van der Waals surface area (Å²) in [7, 11) is -9.62. The first-order chi connectivity index (χ1) is 7.33. The van der Waals surface area contributed by atoms with Gasteiger partial charge in [-0.2, -0.15) is 0 Å². The molecule has 17 heavy (non-hydrogen) atoms. The maximum absolute atomic E-state index is 12.7. The second-order valence-electron chi connectivity index (χ2n) is 4.24. The van der Waals surface area contributed by atoms with E-state index in [-0.39, 0.29) is 23.6 Å². The Kier molecular flexibility index (Phi) is 2.81. The molecule has 1 rings (SSSR count). The molecule has 0 aliphatic heterocycles. The highest BCUT2D eigenvalue weighted by molar-refractivity contribution is 8.45.